The first-order valence-corrected chi connectivity index (χ1v) is 6.49. The lowest BCUT2D eigenvalue weighted by molar-refractivity contribution is -0.153. The van der Waals surface area contributed by atoms with Gasteiger partial charge < -0.3 is 14.7 Å². The van der Waals surface area contributed by atoms with Crippen molar-refractivity contribution in [3.8, 4) is 0 Å². The maximum Gasteiger partial charge on any atom is 0.309 e. The Morgan fingerprint density at radius 2 is 1.89 bits per heavy atom. The van der Waals surface area contributed by atoms with Gasteiger partial charge in [-0.2, -0.15) is 0 Å². The third-order valence-corrected chi connectivity index (χ3v) is 3.38. The normalized spacial score (nSPS) is 17.7. The molecule has 1 aliphatic rings. The van der Waals surface area contributed by atoms with Crippen molar-refractivity contribution in [3.05, 3.63) is 0 Å². The molecule has 5 heteroatoms. The summed E-state index contributed by atoms with van der Waals surface area (Å²) in [6.45, 7) is 6.61. The highest BCUT2D eigenvalue weighted by molar-refractivity contribution is 5.82. The zero-order valence-electron chi connectivity index (χ0n) is 11.4. The first kappa shape index (κ1) is 15.0. The van der Waals surface area contributed by atoms with Gasteiger partial charge >= 0.3 is 5.97 Å². The molecule has 1 aliphatic heterocycles. The smallest absolute Gasteiger partial charge is 0.309 e. The van der Waals surface area contributed by atoms with Crippen LogP contribution >= 0.6 is 0 Å². The fraction of sp³-hybridized carbons (Fsp3) is 0.846. The van der Waals surface area contributed by atoms with Crippen LogP contribution in [0.4, 0.5) is 0 Å². The number of likely N-dealkylation sites (tertiary alicyclic amines) is 1. The van der Waals surface area contributed by atoms with Gasteiger partial charge in [-0.15, -0.1) is 0 Å². The molecule has 0 aromatic carbocycles. The van der Waals surface area contributed by atoms with Crippen molar-refractivity contribution in [3.63, 3.8) is 0 Å². The molecule has 0 unspecified atom stereocenters. The van der Waals surface area contributed by atoms with E-state index in [0.717, 1.165) is 0 Å². The minimum atomic E-state index is -0.739. The Balaban J connectivity index is 2.49. The second kappa shape index (κ2) is 6.18. The number of ether oxygens (including phenoxy) is 1. The molecule has 1 saturated heterocycles. The Morgan fingerprint density at radius 1 is 1.33 bits per heavy atom. The Hall–Kier alpha value is -1.10. The number of aliphatic hydroxyl groups is 1. The van der Waals surface area contributed by atoms with Gasteiger partial charge in [0.1, 0.15) is 0 Å². The van der Waals surface area contributed by atoms with Gasteiger partial charge in [-0.1, -0.05) is 0 Å². The number of amides is 1. The average molecular weight is 257 g/mol. The van der Waals surface area contributed by atoms with Crippen molar-refractivity contribution in [1.29, 1.82) is 0 Å². The lowest BCUT2D eigenvalue weighted by Gasteiger charge is -2.35. The van der Waals surface area contributed by atoms with Crippen LogP contribution in [0.15, 0.2) is 0 Å². The largest absolute Gasteiger partial charge is 0.466 e. The Labute approximate surface area is 108 Å². The maximum absolute atomic E-state index is 12.1. The maximum atomic E-state index is 12.1. The lowest BCUT2D eigenvalue weighted by Crippen LogP contribution is -2.47. The molecule has 0 aromatic rings. The minimum Gasteiger partial charge on any atom is -0.466 e. The van der Waals surface area contributed by atoms with Crippen LogP contribution in [-0.4, -0.2) is 48.2 Å². The molecule has 1 amide bonds. The summed E-state index contributed by atoms with van der Waals surface area (Å²) >= 11 is 0. The van der Waals surface area contributed by atoms with Gasteiger partial charge in [0.25, 0.3) is 0 Å². The van der Waals surface area contributed by atoms with Gasteiger partial charge in [0, 0.05) is 13.1 Å². The van der Waals surface area contributed by atoms with Crippen LogP contribution in [0.1, 0.15) is 33.6 Å². The molecule has 0 atom stereocenters. The molecule has 0 aromatic heterocycles. The summed E-state index contributed by atoms with van der Waals surface area (Å²) < 4.78 is 4.98. The van der Waals surface area contributed by atoms with Gasteiger partial charge in [-0.25, -0.2) is 0 Å². The molecule has 1 fully saturated rings. The molecule has 0 aliphatic carbocycles. The van der Waals surface area contributed by atoms with Crippen molar-refractivity contribution in [1.82, 2.24) is 4.90 Å². The van der Waals surface area contributed by atoms with Crippen molar-refractivity contribution in [2.75, 3.05) is 26.3 Å². The van der Waals surface area contributed by atoms with Crippen LogP contribution in [0.3, 0.4) is 0 Å². The SMILES string of the molecule is CCOC(=O)C1CCN(C(=O)C(C)(C)CO)CC1. The number of aliphatic hydroxyl groups excluding tert-OH is 1. The summed E-state index contributed by atoms with van der Waals surface area (Å²) in [5.41, 5.74) is -0.739. The topological polar surface area (TPSA) is 66.8 Å². The van der Waals surface area contributed by atoms with Crippen LogP contribution in [0, 0.1) is 11.3 Å². The molecule has 0 spiro atoms. The van der Waals surface area contributed by atoms with Gasteiger partial charge in [0.15, 0.2) is 0 Å². The molecule has 0 saturated carbocycles. The molecule has 1 N–H and O–H groups in total. The van der Waals surface area contributed by atoms with E-state index in [-0.39, 0.29) is 24.4 Å². The summed E-state index contributed by atoms with van der Waals surface area (Å²) in [4.78, 5) is 25.4. The number of piperidine rings is 1. The van der Waals surface area contributed by atoms with Gasteiger partial charge in [-0.05, 0) is 33.6 Å². The van der Waals surface area contributed by atoms with E-state index in [1.807, 2.05) is 0 Å². The molecule has 1 heterocycles. The first-order chi connectivity index (χ1) is 8.42. The highest BCUT2D eigenvalue weighted by atomic mass is 16.5. The summed E-state index contributed by atoms with van der Waals surface area (Å²) in [6.07, 6.45) is 1.29. The van der Waals surface area contributed by atoms with E-state index >= 15 is 0 Å². The van der Waals surface area contributed by atoms with Crippen molar-refractivity contribution in [2.45, 2.75) is 33.6 Å². The van der Waals surface area contributed by atoms with Gasteiger partial charge in [0.05, 0.1) is 24.5 Å². The molecular weight excluding hydrogens is 234 g/mol. The van der Waals surface area contributed by atoms with Crippen molar-refractivity contribution < 1.29 is 19.4 Å². The van der Waals surface area contributed by atoms with Crippen LogP contribution in [0.25, 0.3) is 0 Å². The lowest BCUT2D eigenvalue weighted by atomic mass is 9.90. The predicted molar refractivity (Wildman–Crippen MR) is 66.8 cm³/mol. The first-order valence-electron chi connectivity index (χ1n) is 6.49. The summed E-state index contributed by atoms with van der Waals surface area (Å²) in [7, 11) is 0. The number of hydrogen-bond acceptors (Lipinski definition) is 4. The quantitative estimate of drug-likeness (QED) is 0.757. The van der Waals surface area contributed by atoms with Gasteiger partial charge in [0.2, 0.25) is 5.91 Å². The molecule has 0 bridgehead atoms. The second-order valence-electron chi connectivity index (χ2n) is 5.36. The highest BCUT2D eigenvalue weighted by Crippen LogP contribution is 2.24. The number of esters is 1. The number of hydrogen-bond donors (Lipinski definition) is 1. The Morgan fingerprint density at radius 3 is 2.33 bits per heavy atom. The standard InChI is InChI=1S/C13H23NO4/c1-4-18-11(16)10-5-7-14(8-6-10)12(17)13(2,3)9-15/h10,15H,4-9H2,1-3H3. The summed E-state index contributed by atoms with van der Waals surface area (Å²) in [5, 5.41) is 9.18. The molecule has 1 rings (SSSR count). The van der Waals surface area contributed by atoms with E-state index in [1.54, 1.807) is 25.7 Å². The van der Waals surface area contributed by atoms with E-state index in [4.69, 9.17) is 4.74 Å². The van der Waals surface area contributed by atoms with Gasteiger partial charge in [-0.3, -0.25) is 9.59 Å². The highest BCUT2D eigenvalue weighted by Gasteiger charge is 2.35. The zero-order valence-corrected chi connectivity index (χ0v) is 11.4. The minimum absolute atomic E-state index is 0.0488. The number of rotatable bonds is 4. The Kier molecular flexibility index (Phi) is 5.14. The fourth-order valence-corrected chi connectivity index (χ4v) is 2.07. The van der Waals surface area contributed by atoms with E-state index in [2.05, 4.69) is 0 Å². The second-order valence-corrected chi connectivity index (χ2v) is 5.36. The molecule has 0 radical (unpaired) electrons. The molecule has 5 nitrogen and oxygen atoms in total. The number of nitrogens with zero attached hydrogens (tertiary/aromatic N) is 1. The summed E-state index contributed by atoms with van der Waals surface area (Å²) in [5.74, 6) is -0.301. The van der Waals surface area contributed by atoms with Crippen LogP contribution in [-0.2, 0) is 14.3 Å². The Bertz CT molecular complexity index is 306. The summed E-state index contributed by atoms with van der Waals surface area (Å²) in [6, 6.07) is 0. The monoisotopic (exact) mass is 257 g/mol. The van der Waals surface area contributed by atoms with Crippen molar-refractivity contribution in [2.24, 2.45) is 11.3 Å². The average Bonchev–Trinajstić information content (AvgIpc) is 2.38. The number of carbonyl (C=O) groups is 2. The van der Waals surface area contributed by atoms with Crippen molar-refractivity contribution >= 4 is 11.9 Å². The van der Waals surface area contributed by atoms with E-state index in [0.29, 0.717) is 32.5 Å². The molecule has 104 valence electrons. The van der Waals surface area contributed by atoms with Crippen LogP contribution in [0.5, 0.6) is 0 Å². The van der Waals surface area contributed by atoms with Crippen LogP contribution in [0.2, 0.25) is 0 Å². The van der Waals surface area contributed by atoms with E-state index in [9.17, 15) is 14.7 Å². The predicted octanol–water partition coefficient (Wildman–Crippen LogP) is 0.807. The van der Waals surface area contributed by atoms with E-state index in [1.165, 1.54) is 0 Å². The van der Waals surface area contributed by atoms with E-state index < -0.39 is 5.41 Å². The third-order valence-electron chi connectivity index (χ3n) is 3.38. The fourth-order valence-electron chi connectivity index (χ4n) is 2.07. The zero-order chi connectivity index (χ0) is 13.8. The third kappa shape index (κ3) is 3.45. The molecule has 18 heavy (non-hydrogen) atoms. The van der Waals surface area contributed by atoms with Crippen LogP contribution < -0.4 is 0 Å². The number of carbonyl (C=O) groups excluding carboxylic acids is 2. The molecular formula is C13H23NO4.